The van der Waals surface area contributed by atoms with Crippen LogP contribution in [0.15, 0.2) is 40.2 Å². The summed E-state index contributed by atoms with van der Waals surface area (Å²) in [7, 11) is 0. The minimum absolute atomic E-state index is 0.157. The van der Waals surface area contributed by atoms with Crippen LogP contribution in [0.1, 0.15) is 15.2 Å². The number of ether oxygens (including phenoxy) is 1. The van der Waals surface area contributed by atoms with Crippen LogP contribution < -0.4 is 4.74 Å². The van der Waals surface area contributed by atoms with Gasteiger partial charge in [0.25, 0.3) is 0 Å². The fraction of sp³-hybridized carbons (Fsp3) is 0.0833. The van der Waals surface area contributed by atoms with Crippen molar-refractivity contribution in [3.63, 3.8) is 0 Å². The largest absolute Gasteiger partial charge is 0.487 e. The summed E-state index contributed by atoms with van der Waals surface area (Å²) in [5, 5.41) is 11.1. The summed E-state index contributed by atoms with van der Waals surface area (Å²) < 4.78 is 6.05. The van der Waals surface area contributed by atoms with Crippen LogP contribution in [0.3, 0.4) is 0 Å². The first kappa shape index (κ1) is 12.1. The number of benzene rings is 1. The Labute approximate surface area is 111 Å². The highest BCUT2D eigenvalue weighted by atomic mass is 79.9. The molecule has 0 fully saturated rings. The number of hydrogen-bond acceptors (Lipinski definition) is 3. The predicted molar refractivity (Wildman–Crippen MR) is 69.8 cm³/mol. The van der Waals surface area contributed by atoms with Crippen LogP contribution in [-0.2, 0) is 6.61 Å². The Morgan fingerprint density at radius 3 is 2.82 bits per heavy atom. The number of carbonyl (C=O) groups is 1. The number of carboxylic acid groups (broad SMARTS) is 1. The Morgan fingerprint density at radius 2 is 2.18 bits per heavy atom. The lowest BCUT2D eigenvalue weighted by molar-refractivity contribution is 0.0691. The highest BCUT2D eigenvalue weighted by molar-refractivity contribution is 9.10. The van der Waals surface area contributed by atoms with Crippen LogP contribution in [0.4, 0.5) is 0 Å². The van der Waals surface area contributed by atoms with Gasteiger partial charge in [-0.05, 0) is 39.5 Å². The van der Waals surface area contributed by atoms with E-state index in [2.05, 4.69) is 15.9 Å². The maximum Gasteiger partial charge on any atom is 0.340 e. The van der Waals surface area contributed by atoms with Crippen molar-refractivity contribution < 1.29 is 14.6 Å². The van der Waals surface area contributed by atoms with Gasteiger partial charge in [0.2, 0.25) is 0 Å². The Balaban J connectivity index is 2.21. The molecule has 0 radical (unpaired) electrons. The Morgan fingerprint density at radius 1 is 1.35 bits per heavy atom. The third kappa shape index (κ3) is 2.87. The smallest absolute Gasteiger partial charge is 0.340 e. The lowest BCUT2D eigenvalue weighted by atomic mass is 10.2. The quantitative estimate of drug-likeness (QED) is 0.934. The number of carboxylic acids is 1. The van der Waals surface area contributed by atoms with E-state index in [0.29, 0.717) is 16.8 Å². The van der Waals surface area contributed by atoms with E-state index in [4.69, 9.17) is 9.84 Å². The molecule has 5 heteroatoms. The van der Waals surface area contributed by atoms with Crippen molar-refractivity contribution >= 4 is 33.2 Å². The van der Waals surface area contributed by atoms with E-state index in [9.17, 15) is 4.79 Å². The van der Waals surface area contributed by atoms with Gasteiger partial charge in [0.1, 0.15) is 17.9 Å². The summed E-state index contributed by atoms with van der Waals surface area (Å²) in [5.74, 6) is -0.626. The van der Waals surface area contributed by atoms with Crippen molar-refractivity contribution in [1.29, 1.82) is 0 Å². The van der Waals surface area contributed by atoms with Crippen molar-refractivity contribution in [2.45, 2.75) is 6.61 Å². The Bertz CT molecular complexity index is 523. The molecule has 0 aliphatic heterocycles. The molecule has 3 nitrogen and oxygen atoms in total. The summed E-state index contributed by atoms with van der Waals surface area (Å²) in [6, 6.07) is 8.97. The minimum Gasteiger partial charge on any atom is -0.487 e. The maximum absolute atomic E-state index is 11.1. The van der Waals surface area contributed by atoms with Crippen molar-refractivity contribution in [2.75, 3.05) is 0 Å². The summed E-state index contributed by atoms with van der Waals surface area (Å²) >= 11 is 4.78. The summed E-state index contributed by atoms with van der Waals surface area (Å²) in [6.07, 6.45) is 0. The molecule has 0 saturated heterocycles. The van der Waals surface area contributed by atoms with Crippen LogP contribution in [0.25, 0.3) is 0 Å². The second-order valence-electron chi connectivity index (χ2n) is 3.29. The zero-order valence-corrected chi connectivity index (χ0v) is 11.1. The van der Waals surface area contributed by atoms with Crippen LogP contribution in [0.2, 0.25) is 0 Å². The molecular formula is C12H9BrO3S. The van der Waals surface area contributed by atoms with Gasteiger partial charge in [0, 0.05) is 9.35 Å². The molecule has 0 unspecified atom stereocenters. The second kappa shape index (κ2) is 5.33. The van der Waals surface area contributed by atoms with Crippen molar-refractivity contribution in [1.82, 2.24) is 0 Å². The molecule has 88 valence electrons. The van der Waals surface area contributed by atoms with E-state index in [1.54, 1.807) is 29.5 Å². The monoisotopic (exact) mass is 312 g/mol. The molecule has 0 amide bonds. The van der Waals surface area contributed by atoms with E-state index in [0.717, 1.165) is 4.88 Å². The zero-order valence-electron chi connectivity index (χ0n) is 8.72. The van der Waals surface area contributed by atoms with E-state index < -0.39 is 5.97 Å². The number of thiophene rings is 1. The Hall–Kier alpha value is -1.33. The van der Waals surface area contributed by atoms with Crippen LogP contribution >= 0.6 is 27.3 Å². The van der Waals surface area contributed by atoms with E-state index in [1.165, 1.54) is 0 Å². The molecule has 1 heterocycles. The van der Waals surface area contributed by atoms with Gasteiger partial charge in [-0.25, -0.2) is 4.79 Å². The number of aromatic carboxylic acids is 1. The second-order valence-corrected chi connectivity index (χ2v) is 5.17. The van der Waals surface area contributed by atoms with Crippen molar-refractivity contribution in [3.8, 4) is 5.75 Å². The summed E-state index contributed by atoms with van der Waals surface area (Å²) in [5.41, 5.74) is 0.157. The summed E-state index contributed by atoms with van der Waals surface area (Å²) in [4.78, 5) is 12.2. The van der Waals surface area contributed by atoms with Gasteiger partial charge >= 0.3 is 5.97 Å². The summed E-state index contributed by atoms with van der Waals surface area (Å²) in [6.45, 7) is 0.383. The molecule has 2 aromatic rings. The SMILES string of the molecule is O=C(O)c1c(Br)cccc1OCc1cccs1. The van der Waals surface area contributed by atoms with E-state index >= 15 is 0 Å². The standard InChI is InChI=1S/C12H9BrO3S/c13-9-4-1-5-10(11(9)12(14)15)16-7-8-3-2-6-17-8/h1-6H,7H2,(H,14,15). The molecule has 1 aromatic carbocycles. The van der Waals surface area contributed by atoms with Gasteiger partial charge in [0.15, 0.2) is 0 Å². The number of halogens is 1. The number of hydrogen-bond donors (Lipinski definition) is 1. The molecule has 0 atom stereocenters. The lowest BCUT2D eigenvalue weighted by Crippen LogP contribution is -2.03. The van der Waals surface area contributed by atoms with E-state index in [-0.39, 0.29) is 5.56 Å². The van der Waals surface area contributed by atoms with Gasteiger partial charge in [-0.2, -0.15) is 0 Å². The van der Waals surface area contributed by atoms with Crippen LogP contribution in [0.5, 0.6) is 5.75 Å². The van der Waals surface area contributed by atoms with Crippen molar-refractivity contribution in [2.24, 2.45) is 0 Å². The van der Waals surface area contributed by atoms with Crippen LogP contribution in [0, 0.1) is 0 Å². The van der Waals surface area contributed by atoms with Gasteiger partial charge in [-0.15, -0.1) is 11.3 Å². The van der Waals surface area contributed by atoms with Crippen LogP contribution in [-0.4, -0.2) is 11.1 Å². The predicted octanol–water partition coefficient (Wildman–Crippen LogP) is 3.79. The Kier molecular flexibility index (Phi) is 3.81. The lowest BCUT2D eigenvalue weighted by Gasteiger charge is -2.09. The molecule has 0 aliphatic rings. The highest BCUT2D eigenvalue weighted by Crippen LogP contribution is 2.27. The average Bonchev–Trinajstić information content (AvgIpc) is 2.78. The van der Waals surface area contributed by atoms with E-state index in [1.807, 2.05) is 17.5 Å². The first-order chi connectivity index (χ1) is 8.18. The maximum atomic E-state index is 11.1. The molecule has 2 rings (SSSR count). The molecular weight excluding hydrogens is 304 g/mol. The fourth-order valence-electron chi connectivity index (χ4n) is 1.38. The van der Waals surface area contributed by atoms with Gasteiger partial charge in [-0.3, -0.25) is 0 Å². The molecule has 0 bridgehead atoms. The van der Waals surface area contributed by atoms with Gasteiger partial charge < -0.3 is 9.84 Å². The minimum atomic E-state index is -1.00. The molecule has 0 spiro atoms. The first-order valence-corrected chi connectivity index (χ1v) is 6.52. The number of rotatable bonds is 4. The third-order valence-corrected chi connectivity index (χ3v) is 3.65. The molecule has 1 N–H and O–H groups in total. The molecule has 0 aliphatic carbocycles. The van der Waals surface area contributed by atoms with Gasteiger partial charge in [-0.1, -0.05) is 12.1 Å². The molecule has 17 heavy (non-hydrogen) atoms. The van der Waals surface area contributed by atoms with Gasteiger partial charge in [0.05, 0.1) is 0 Å². The van der Waals surface area contributed by atoms with Crippen molar-refractivity contribution in [3.05, 3.63) is 50.6 Å². The highest BCUT2D eigenvalue weighted by Gasteiger charge is 2.15. The first-order valence-electron chi connectivity index (χ1n) is 4.85. The average molecular weight is 313 g/mol. The zero-order chi connectivity index (χ0) is 12.3. The molecule has 1 aromatic heterocycles. The topological polar surface area (TPSA) is 46.5 Å². The normalized spacial score (nSPS) is 10.2. The third-order valence-electron chi connectivity index (χ3n) is 2.14. The fourth-order valence-corrected chi connectivity index (χ4v) is 2.51. The molecule has 0 saturated carbocycles.